The van der Waals surface area contributed by atoms with Gasteiger partial charge < -0.3 is 14.6 Å². The Kier molecular flexibility index (Phi) is 5.02. The highest BCUT2D eigenvalue weighted by atomic mass is 32.2. The van der Waals surface area contributed by atoms with Crippen LogP contribution in [0, 0.1) is 6.92 Å². The quantitative estimate of drug-likeness (QED) is 0.825. The molecule has 0 aliphatic rings. The molecule has 2 aromatic heterocycles. The summed E-state index contributed by atoms with van der Waals surface area (Å²) >= 11 is 2.83. The number of thioether (sulfide) groups is 1. The van der Waals surface area contributed by atoms with E-state index in [-0.39, 0.29) is 5.91 Å². The average Bonchev–Trinajstić information content (AvgIpc) is 3.04. The number of nitrogens with zero attached hydrogens (tertiary/aromatic N) is 3. The summed E-state index contributed by atoms with van der Waals surface area (Å²) in [4.78, 5) is 13.7. The second-order valence-corrected chi connectivity index (χ2v) is 6.37. The van der Waals surface area contributed by atoms with E-state index >= 15 is 0 Å². The van der Waals surface area contributed by atoms with Gasteiger partial charge in [-0.2, -0.15) is 0 Å². The van der Waals surface area contributed by atoms with Crippen LogP contribution in [0.3, 0.4) is 0 Å². The van der Waals surface area contributed by atoms with Gasteiger partial charge in [-0.1, -0.05) is 23.1 Å². The normalized spacial score (nSPS) is 10.6. The summed E-state index contributed by atoms with van der Waals surface area (Å²) in [6.45, 7) is 2.36. The molecule has 8 heteroatoms. The van der Waals surface area contributed by atoms with E-state index in [4.69, 9.17) is 4.42 Å². The first kappa shape index (κ1) is 14.9. The van der Waals surface area contributed by atoms with Gasteiger partial charge in [-0.05, 0) is 19.1 Å². The lowest BCUT2D eigenvalue weighted by Crippen LogP contribution is -2.27. The Morgan fingerprint density at radius 2 is 2.30 bits per heavy atom. The molecule has 0 saturated carbocycles. The largest absolute Gasteiger partial charge is 0.464 e. The molecule has 2 aromatic rings. The molecular formula is C12H16N4O2S2. The number of anilines is 1. The van der Waals surface area contributed by atoms with Gasteiger partial charge in [0.1, 0.15) is 11.5 Å². The Hall–Kier alpha value is -1.54. The first-order valence-electron chi connectivity index (χ1n) is 6.02. The van der Waals surface area contributed by atoms with Crippen LogP contribution < -0.4 is 5.32 Å². The molecule has 1 amide bonds. The molecule has 0 radical (unpaired) electrons. The summed E-state index contributed by atoms with van der Waals surface area (Å²) in [7, 11) is 3.55. The fourth-order valence-electron chi connectivity index (χ4n) is 1.49. The molecule has 2 heterocycles. The number of amides is 1. The molecule has 0 saturated heterocycles. The van der Waals surface area contributed by atoms with Crippen LogP contribution in [0.4, 0.5) is 5.13 Å². The van der Waals surface area contributed by atoms with Gasteiger partial charge in [-0.15, -0.1) is 10.2 Å². The Morgan fingerprint density at radius 3 is 2.90 bits per heavy atom. The highest BCUT2D eigenvalue weighted by Crippen LogP contribution is 2.25. The summed E-state index contributed by atoms with van der Waals surface area (Å²) in [6.07, 6.45) is 0. The molecule has 0 fully saturated rings. The van der Waals surface area contributed by atoms with Crippen molar-refractivity contribution in [2.75, 3.05) is 25.2 Å². The van der Waals surface area contributed by atoms with Gasteiger partial charge in [0.05, 0.1) is 12.3 Å². The number of nitrogens with one attached hydrogen (secondary N) is 1. The van der Waals surface area contributed by atoms with E-state index in [9.17, 15) is 4.79 Å². The van der Waals surface area contributed by atoms with Crippen LogP contribution in [0.5, 0.6) is 0 Å². The highest BCUT2D eigenvalue weighted by Gasteiger charge is 2.13. The molecule has 0 unspecified atom stereocenters. The summed E-state index contributed by atoms with van der Waals surface area (Å²) < 4.78 is 6.24. The van der Waals surface area contributed by atoms with E-state index in [1.54, 1.807) is 19.0 Å². The molecule has 0 bridgehead atoms. The van der Waals surface area contributed by atoms with Crippen molar-refractivity contribution in [2.24, 2.45) is 0 Å². The maximum Gasteiger partial charge on any atom is 0.233 e. The molecule has 6 nitrogen and oxygen atoms in total. The molecule has 0 aliphatic carbocycles. The van der Waals surface area contributed by atoms with Crippen LogP contribution in [-0.4, -0.2) is 40.9 Å². The third kappa shape index (κ3) is 3.97. The minimum atomic E-state index is 0.0326. The van der Waals surface area contributed by atoms with Crippen molar-refractivity contribution in [2.45, 2.75) is 17.8 Å². The molecular weight excluding hydrogens is 296 g/mol. The molecule has 20 heavy (non-hydrogen) atoms. The highest BCUT2D eigenvalue weighted by molar-refractivity contribution is 8.01. The van der Waals surface area contributed by atoms with Gasteiger partial charge in [-0.3, -0.25) is 4.79 Å². The molecule has 1 N–H and O–H groups in total. The van der Waals surface area contributed by atoms with E-state index in [0.717, 1.165) is 21.0 Å². The van der Waals surface area contributed by atoms with Crippen molar-refractivity contribution < 1.29 is 9.21 Å². The molecule has 2 rings (SSSR count). The predicted octanol–water partition coefficient (Wildman–Crippen LogP) is 2.23. The number of aromatic nitrogens is 2. The molecule has 0 spiro atoms. The third-order valence-electron chi connectivity index (χ3n) is 2.55. The predicted molar refractivity (Wildman–Crippen MR) is 80.1 cm³/mol. The van der Waals surface area contributed by atoms with Crippen LogP contribution in [0.15, 0.2) is 20.9 Å². The van der Waals surface area contributed by atoms with Gasteiger partial charge in [0.2, 0.25) is 11.0 Å². The zero-order valence-corrected chi connectivity index (χ0v) is 13.2. The van der Waals surface area contributed by atoms with Gasteiger partial charge in [0.15, 0.2) is 4.34 Å². The van der Waals surface area contributed by atoms with E-state index < -0.39 is 0 Å². The van der Waals surface area contributed by atoms with Crippen molar-refractivity contribution in [1.29, 1.82) is 0 Å². The lowest BCUT2D eigenvalue weighted by Gasteiger charge is -2.14. The van der Waals surface area contributed by atoms with Crippen LogP contribution in [0.2, 0.25) is 0 Å². The Balaban J connectivity index is 1.81. The maximum absolute atomic E-state index is 12.0. The van der Waals surface area contributed by atoms with E-state index in [1.165, 1.54) is 23.1 Å². The molecule has 0 aliphatic heterocycles. The lowest BCUT2D eigenvalue weighted by molar-refractivity contribution is -0.127. The van der Waals surface area contributed by atoms with Crippen molar-refractivity contribution in [3.05, 3.63) is 23.7 Å². The zero-order valence-electron chi connectivity index (χ0n) is 11.5. The standard InChI is InChI=1S/C12H16N4O2S2/c1-8-4-5-9(18-8)6-16(3)10(17)7-19-12-15-14-11(13-2)20-12/h4-5H,6-7H2,1-3H3,(H,13,14). The summed E-state index contributed by atoms with van der Waals surface area (Å²) in [5.74, 6) is 2.01. The van der Waals surface area contributed by atoms with Crippen LogP contribution >= 0.6 is 23.1 Å². The number of carbonyl (C=O) groups is 1. The first-order chi connectivity index (χ1) is 9.58. The Bertz CT molecular complexity index is 582. The SMILES string of the molecule is CNc1nnc(SCC(=O)N(C)Cc2ccc(C)o2)s1. The van der Waals surface area contributed by atoms with Gasteiger partial charge in [0, 0.05) is 14.1 Å². The smallest absolute Gasteiger partial charge is 0.233 e. The van der Waals surface area contributed by atoms with Gasteiger partial charge >= 0.3 is 0 Å². The Morgan fingerprint density at radius 1 is 1.50 bits per heavy atom. The van der Waals surface area contributed by atoms with Crippen LogP contribution in [0.1, 0.15) is 11.5 Å². The van der Waals surface area contributed by atoms with Crippen molar-refractivity contribution >= 4 is 34.1 Å². The number of carbonyl (C=O) groups excluding carboxylic acids is 1. The number of hydrogen-bond donors (Lipinski definition) is 1. The van der Waals surface area contributed by atoms with E-state index in [2.05, 4.69) is 15.5 Å². The second kappa shape index (κ2) is 6.76. The second-order valence-electron chi connectivity index (χ2n) is 4.17. The summed E-state index contributed by atoms with van der Waals surface area (Å²) in [5.41, 5.74) is 0. The first-order valence-corrected chi connectivity index (χ1v) is 7.82. The minimum Gasteiger partial charge on any atom is -0.464 e. The van der Waals surface area contributed by atoms with Gasteiger partial charge in [-0.25, -0.2) is 0 Å². The van der Waals surface area contributed by atoms with Gasteiger partial charge in [0.25, 0.3) is 0 Å². The topological polar surface area (TPSA) is 71.3 Å². The maximum atomic E-state index is 12.0. The van der Waals surface area contributed by atoms with Crippen molar-refractivity contribution in [3.63, 3.8) is 0 Å². The molecule has 0 aromatic carbocycles. The van der Waals surface area contributed by atoms with Crippen LogP contribution in [-0.2, 0) is 11.3 Å². The van der Waals surface area contributed by atoms with Crippen molar-refractivity contribution in [1.82, 2.24) is 15.1 Å². The summed E-state index contributed by atoms with van der Waals surface area (Å²) in [5, 5.41) is 11.6. The van der Waals surface area contributed by atoms with Crippen molar-refractivity contribution in [3.8, 4) is 0 Å². The minimum absolute atomic E-state index is 0.0326. The van der Waals surface area contributed by atoms with E-state index in [1.807, 2.05) is 19.1 Å². The van der Waals surface area contributed by atoms with Crippen LogP contribution in [0.25, 0.3) is 0 Å². The number of hydrogen-bond acceptors (Lipinski definition) is 7. The molecule has 108 valence electrons. The Labute approximate surface area is 125 Å². The average molecular weight is 312 g/mol. The molecule has 0 atom stereocenters. The zero-order chi connectivity index (χ0) is 14.5. The fraction of sp³-hybridized carbons (Fsp3) is 0.417. The van der Waals surface area contributed by atoms with E-state index in [0.29, 0.717) is 12.3 Å². The third-order valence-corrected chi connectivity index (χ3v) is 4.61. The monoisotopic (exact) mass is 312 g/mol. The number of rotatable bonds is 6. The lowest BCUT2D eigenvalue weighted by atomic mass is 10.4. The fourth-order valence-corrected chi connectivity index (χ4v) is 3.14. The number of furan rings is 1. The summed E-state index contributed by atoms with van der Waals surface area (Å²) in [6, 6.07) is 3.78. The number of aryl methyl sites for hydroxylation is 1.